The third kappa shape index (κ3) is 4.74. The van der Waals surface area contributed by atoms with Crippen LogP contribution < -0.4 is 9.47 Å². The molecule has 0 saturated carbocycles. The minimum Gasteiger partial charge on any atom is -0.497 e. The van der Waals surface area contributed by atoms with E-state index in [1.54, 1.807) is 67.8 Å². The molecule has 0 aromatic heterocycles. The predicted octanol–water partition coefficient (Wildman–Crippen LogP) is 4.22. The Bertz CT molecular complexity index is 1030. The third-order valence-corrected chi connectivity index (χ3v) is 5.09. The molecule has 3 aromatic rings. The number of sulfonamides is 1. The van der Waals surface area contributed by atoms with E-state index in [1.165, 1.54) is 12.1 Å². The van der Waals surface area contributed by atoms with Gasteiger partial charge in [-0.25, -0.2) is 0 Å². The van der Waals surface area contributed by atoms with E-state index in [1.807, 2.05) is 13.0 Å². The fourth-order valence-electron chi connectivity index (χ4n) is 2.34. The van der Waals surface area contributed by atoms with Gasteiger partial charge in [-0.2, -0.15) is 8.42 Å². The summed E-state index contributed by atoms with van der Waals surface area (Å²) >= 11 is 0. The number of benzene rings is 3. The van der Waals surface area contributed by atoms with E-state index in [0.717, 1.165) is 5.56 Å². The molecule has 0 aliphatic carbocycles. The maximum Gasteiger partial charge on any atom is 0.285 e. The first-order chi connectivity index (χ1) is 13.0. The average Bonchev–Trinajstić information content (AvgIpc) is 2.69. The van der Waals surface area contributed by atoms with Gasteiger partial charge in [0.2, 0.25) is 5.90 Å². The van der Waals surface area contributed by atoms with Gasteiger partial charge in [0.1, 0.15) is 11.5 Å². The fraction of sp³-hybridized carbons (Fsp3) is 0.0952. The molecule has 0 aliphatic rings. The van der Waals surface area contributed by atoms with Crippen LogP contribution in [0.1, 0.15) is 11.1 Å². The van der Waals surface area contributed by atoms with Crippen LogP contribution in [-0.4, -0.2) is 21.4 Å². The lowest BCUT2D eigenvalue weighted by Crippen LogP contribution is -2.13. The van der Waals surface area contributed by atoms with E-state index in [-0.39, 0.29) is 10.8 Å². The summed E-state index contributed by atoms with van der Waals surface area (Å²) in [7, 11) is -2.35. The monoisotopic (exact) mass is 381 g/mol. The largest absolute Gasteiger partial charge is 0.497 e. The molecule has 0 unspecified atom stereocenters. The van der Waals surface area contributed by atoms with E-state index >= 15 is 0 Å². The van der Waals surface area contributed by atoms with E-state index in [0.29, 0.717) is 17.1 Å². The van der Waals surface area contributed by atoms with Gasteiger partial charge in [-0.1, -0.05) is 35.9 Å². The van der Waals surface area contributed by atoms with Crippen LogP contribution in [0.25, 0.3) is 0 Å². The molecule has 6 heteroatoms. The van der Waals surface area contributed by atoms with Crippen LogP contribution in [0.3, 0.4) is 0 Å². The van der Waals surface area contributed by atoms with Crippen molar-refractivity contribution in [2.45, 2.75) is 11.8 Å². The van der Waals surface area contributed by atoms with Crippen LogP contribution in [0.5, 0.6) is 11.5 Å². The predicted molar refractivity (Wildman–Crippen MR) is 105 cm³/mol. The molecule has 27 heavy (non-hydrogen) atoms. The van der Waals surface area contributed by atoms with Crippen molar-refractivity contribution in [3.05, 3.63) is 90.0 Å². The minimum atomic E-state index is -3.92. The van der Waals surface area contributed by atoms with Crippen LogP contribution in [0.15, 0.2) is 88.2 Å². The van der Waals surface area contributed by atoms with Crippen LogP contribution in [0, 0.1) is 6.92 Å². The summed E-state index contributed by atoms with van der Waals surface area (Å²) in [5.74, 6) is 1.13. The lowest BCUT2D eigenvalue weighted by Gasteiger charge is -2.10. The van der Waals surface area contributed by atoms with Gasteiger partial charge in [0.05, 0.1) is 12.0 Å². The average molecular weight is 381 g/mol. The first-order valence-electron chi connectivity index (χ1n) is 8.27. The van der Waals surface area contributed by atoms with Gasteiger partial charge in [-0.05, 0) is 55.5 Å². The number of nitrogens with zero attached hydrogens (tertiary/aromatic N) is 1. The molecule has 5 nitrogen and oxygen atoms in total. The number of rotatable bonds is 5. The molecular weight excluding hydrogens is 362 g/mol. The van der Waals surface area contributed by atoms with Crippen molar-refractivity contribution >= 4 is 15.9 Å². The van der Waals surface area contributed by atoms with E-state index in [4.69, 9.17) is 9.47 Å². The van der Waals surface area contributed by atoms with Gasteiger partial charge in [-0.3, -0.25) is 0 Å². The number of hydrogen-bond acceptors (Lipinski definition) is 4. The summed E-state index contributed by atoms with van der Waals surface area (Å²) in [6.45, 7) is 1.89. The van der Waals surface area contributed by atoms with Crippen LogP contribution in [0.2, 0.25) is 0 Å². The summed E-state index contributed by atoms with van der Waals surface area (Å²) in [5, 5.41) is 0. The van der Waals surface area contributed by atoms with E-state index in [9.17, 15) is 8.42 Å². The van der Waals surface area contributed by atoms with Crippen LogP contribution in [-0.2, 0) is 10.0 Å². The quantitative estimate of drug-likeness (QED) is 0.490. The molecule has 0 atom stereocenters. The molecule has 0 N–H and O–H groups in total. The maximum absolute atomic E-state index is 12.7. The standard InChI is InChI=1S/C21H19NO4S/c1-16-8-14-20(15-9-16)27(23,24)22-21(17-6-4-3-5-7-17)26-19-12-10-18(25-2)11-13-19/h3-15H,1-2H3/b22-21-. The Morgan fingerprint density at radius 1 is 0.815 bits per heavy atom. The van der Waals surface area contributed by atoms with Crippen molar-refractivity contribution in [1.29, 1.82) is 0 Å². The summed E-state index contributed by atoms with van der Waals surface area (Å²) in [6.07, 6.45) is 0. The maximum atomic E-state index is 12.7. The van der Waals surface area contributed by atoms with Gasteiger partial charge in [0, 0.05) is 5.56 Å². The van der Waals surface area contributed by atoms with Crippen molar-refractivity contribution in [3.63, 3.8) is 0 Å². The Balaban J connectivity index is 2.01. The first-order valence-corrected chi connectivity index (χ1v) is 9.71. The minimum absolute atomic E-state index is 0.00124. The topological polar surface area (TPSA) is 65.0 Å². The molecule has 0 aliphatic heterocycles. The van der Waals surface area contributed by atoms with Crippen molar-refractivity contribution in [2.24, 2.45) is 4.40 Å². The zero-order valence-corrected chi connectivity index (χ0v) is 15.8. The second-order valence-electron chi connectivity index (χ2n) is 5.83. The molecule has 0 bridgehead atoms. The molecule has 0 saturated heterocycles. The number of hydrogen-bond donors (Lipinski definition) is 0. The number of aryl methyl sites for hydroxylation is 1. The molecule has 0 spiro atoms. The highest BCUT2D eigenvalue weighted by molar-refractivity contribution is 7.90. The number of methoxy groups -OCH3 is 1. The molecule has 0 radical (unpaired) electrons. The first kappa shape index (κ1) is 18.7. The SMILES string of the molecule is COc1ccc(O/C(=N\S(=O)(=O)c2ccc(C)cc2)c2ccccc2)cc1. The Kier molecular flexibility index (Phi) is 5.57. The van der Waals surface area contributed by atoms with Crippen LogP contribution in [0.4, 0.5) is 0 Å². The van der Waals surface area contributed by atoms with Crippen molar-refractivity contribution in [1.82, 2.24) is 0 Å². The molecule has 0 fully saturated rings. The third-order valence-electron chi connectivity index (χ3n) is 3.82. The molecule has 3 aromatic carbocycles. The zero-order chi connectivity index (χ0) is 19.3. The zero-order valence-electron chi connectivity index (χ0n) is 15.0. The van der Waals surface area contributed by atoms with E-state index in [2.05, 4.69) is 4.40 Å². The van der Waals surface area contributed by atoms with Gasteiger partial charge in [-0.15, -0.1) is 4.40 Å². The molecule has 138 valence electrons. The summed E-state index contributed by atoms with van der Waals surface area (Å²) in [6, 6.07) is 22.3. The normalized spacial score (nSPS) is 11.9. The number of ether oxygens (including phenoxy) is 2. The lowest BCUT2D eigenvalue weighted by molar-refractivity contribution is 0.414. The smallest absolute Gasteiger partial charge is 0.285 e. The Hall–Kier alpha value is -3.12. The summed E-state index contributed by atoms with van der Waals surface area (Å²) in [5.41, 5.74) is 1.53. The lowest BCUT2D eigenvalue weighted by atomic mass is 10.2. The molecule has 3 rings (SSSR count). The molecule has 0 amide bonds. The van der Waals surface area contributed by atoms with Crippen molar-refractivity contribution in [3.8, 4) is 11.5 Å². The highest BCUT2D eigenvalue weighted by Crippen LogP contribution is 2.20. The second-order valence-corrected chi connectivity index (χ2v) is 7.43. The summed E-state index contributed by atoms with van der Waals surface area (Å²) in [4.78, 5) is 0.111. The molecule has 0 heterocycles. The van der Waals surface area contributed by atoms with Gasteiger partial charge < -0.3 is 9.47 Å². The van der Waals surface area contributed by atoms with Gasteiger partial charge >= 0.3 is 0 Å². The molecular formula is C21H19NO4S. The van der Waals surface area contributed by atoms with E-state index < -0.39 is 10.0 Å². The van der Waals surface area contributed by atoms with Gasteiger partial charge in [0.15, 0.2) is 0 Å². The summed E-state index contributed by atoms with van der Waals surface area (Å²) < 4.78 is 40.3. The van der Waals surface area contributed by atoms with Gasteiger partial charge in [0.25, 0.3) is 10.0 Å². The van der Waals surface area contributed by atoms with Crippen molar-refractivity contribution in [2.75, 3.05) is 7.11 Å². The Morgan fingerprint density at radius 3 is 2.00 bits per heavy atom. The Labute approximate surface area is 159 Å². The van der Waals surface area contributed by atoms with Crippen molar-refractivity contribution < 1.29 is 17.9 Å². The Morgan fingerprint density at radius 2 is 1.41 bits per heavy atom. The highest BCUT2D eigenvalue weighted by atomic mass is 32.2. The highest BCUT2D eigenvalue weighted by Gasteiger charge is 2.17. The fourth-order valence-corrected chi connectivity index (χ4v) is 3.28. The van der Waals surface area contributed by atoms with Crippen LogP contribution >= 0.6 is 0 Å². The second kappa shape index (κ2) is 8.05.